The average Bonchev–Trinajstić information content (AvgIpc) is 2.76. The lowest BCUT2D eigenvalue weighted by molar-refractivity contribution is 0.415. The summed E-state index contributed by atoms with van der Waals surface area (Å²) in [5.74, 6) is 1.43. The Kier molecular flexibility index (Phi) is 4.62. The molecule has 1 aromatic heterocycles. The number of aryl methyl sites for hydroxylation is 1. The van der Waals surface area contributed by atoms with Crippen LogP contribution in [0.1, 0.15) is 0 Å². The summed E-state index contributed by atoms with van der Waals surface area (Å²) < 4.78 is 12.8. The SMILES string of the molecule is COc1ccc(-c2cn(C)c3c(OC)ccc(-c4ccccc4)c3c2=O)cc1. The molecular formula is C24H21NO3. The maximum absolute atomic E-state index is 13.6. The van der Waals surface area contributed by atoms with Crippen molar-refractivity contribution in [3.63, 3.8) is 0 Å². The zero-order chi connectivity index (χ0) is 19.7. The van der Waals surface area contributed by atoms with Gasteiger partial charge in [-0.1, -0.05) is 42.5 Å². The average molecular weight is 371 g/mol. The number of pyridine rings is 1. The summed E-state index contributed by atoms with van der Waals surface area (Å²) in [6.07, 6.45) is 1.86. The number of fused-ring (bicyclic) bond motifs is 1. The Morgan fingerprint density at radius 1 is 0.750 bits per heavy atom. The highest BCUT2D eigenvalue weighted by atomic mass is 16.5. The first-order valence-corrected chi connectivity index (χ1v) is 9.04. The van der Waals surface area contributed by atoms with Crippen molar-refractivity contribution in [3.05, 3.63) is 83.2 Å². The first-order valence-electron chi connectivity index (χ1n) is 9.04. The minimum atomic E-state index is -0.0176. The van der Waals surface area contributed by atoms with Crippen LogP contribution < -0.4 is 14.9 Å². The summed E-state index contributed by atoms with van der Waals surface area (Å²) in [5.41, 5.74) is 4.15. The van der Waals surface area contributed by atoms with Gasteiger partial charge in [0.05, 0.1) is 25.1 Å². The maximum atomic E-state index is 13.6. The van der Waals surface area contributed by atoms with Crippen LogP contribution in [0.4, 0.5) is 0 Å². The third kappa shape index (κ3) is 2.93. The van der Waals surface area contributed by atoms with Gasteiger partial charge in [-0.25, -0.2) is 0 Å². The van der Waals surface area contributed by atoms with Crippen molar-refractivity contribution < 1.29 is 9.47 Å². The normalized spacial score (nSPS) is 10.8. The second-order valence-electron chi connectivity index (χ2n) is 6.62. The number of aromatic nitrogens is 1. The molecule has 4 heteroatoms. The van der Waals surface area contributed by atoms with E-state index in [0.29, 0.717) is 16.7 Å². The fourth-order valence-corrected chi connectivity index (χ4v) is 3.60. The molecule has 0 aliphatic carbocycles. The van der Waals surface area contributed by atoms with Crippen molar-refractivity contribution in [1.82, 2.24) is 4.57 Å². The van der Waals surface area contributed by atoms with E-state index in [4.69, 9.17) is 9.47 Å². The fourth-order valence-electron chi connectivity index (χ4n) is 3.60. The summed E-state index contributed by atoms with van der Waals surface area (Å²) in [5, 5.41) is 0.654. The van der Waals surface area contributed by atoms with Gasteiger partial charge in [0, 0.05) is 18.8 Å². The van der Waals surface area contributed by atoms with Gasteiger partial charge in [-0.2, -0.15) is 0 Å². The van der Waals surface area contributed by atoms with E-state index in [1.165, 1.54) is 0 Å². The van der Waals surface area contributed by atoms with E-state index in [1.807, 2.05) is 84.5 Å². The Hall–Kier alpha value is -3.53. The Morgan fingerprint density at radius 3 is 2.07 bits per heavy atom. The lowest BCUT2D eigenvalue weighted by atomic mass is 9.96. The van der Waals surface area contributed by atoms with E-state index >= 15 is 0 Å². The number of ether oxygens (including phenoxy) is 2. The van der Waals surface area contributed by atoms with Crippen LogP contribution in [0.3, 0.4) is 0 Å². The highest BCUT2D eigenvalue weighted by Crippen LogP contribution is 2.34. The van der Waals surface area contributed by atoms with E-state index in [1.54, 1.807) is 14.2 Å². The van der Waals surface area contributed by atoms with Crippen molar-refractivity contribution in [3.8, 4) is 33.8 Å². The van der Waals surface area contributed by atoms with Gasteiger partial charge in [0.25, 0.3) is 0 Å². The molecule has 0 saturated heterocycles. The number of hydrogen-bond donors (Lipinski definition) is 0. The predicted molar refractivity (Wildman–Crippen MR) is 113 cm³/mol. The van der Waals surface area contributed by atoms with E-state index in [-0.39, 0.29) is 5.43 Å². The third-order valence-electron chi connectivity index (χ3n) is 4.99. The Balaban J connectivity index is 2.07. The second kappa shape index (κ2) is 7.24. The van der Waals surface area contributed by atoms with Gasteiger partial charge in [0.2, 0.25) is 0 Å². The zero-order valence-corrected chi connectivity index (χ0v) is 16.1. The quantitative estimate of drug-likeness (QED) is 0.513. The van der Waals surface area contributed by atoms with Crippen molar-refractivity contribution in [1.29, 1.82) is 0 Å². The van der Waals surface area contributed by atoms with Gasteiger partial charge in [-0.3, -0.25) is 4.79 Å². The van der Waals surface area contributed by atoms with Gasteiger partial charge in [-0.05, 0) is 41.0 Å². The molecule has 0 aliphatic heterocycles. The van der Waals surface area contributed by atoms with Crippen LogP contribution in [-0.2, 0) is 7.05 Å². The van der Waals surface area contributed by atoms with Crippen molar-refractivity contribution in [2.24, 2.45) is 7.05 Å². The molecule has 0 bridgehead atoms. The van der Waals surface area contributed by atoms with Gasteiger partial charge in [0.1, 0.15) is 11.5 Å². The minimum absolute atomic E-state index is 0.0176. The first kappa shape index (κ1) is 17.9. The molecule has 0 unspecified atom stereocenters. The summed E-state index contributed by atoms with van der Waals surface area (Å²) >= 11 is 0. The van der Waals surface area contributed by atoms with Crippen LogP contribution in [0.2, 0.25) is 0 Å². The van der Waals surface area contributed by atoms with Crippen molar-refractivity contribution in [2.45, 2.75) is 0 Å². The number of hydrogen-bond acceptors (Lipinski definition) is 3. The highest BCUT2D eigenvalue weighted by Gasteiger charge is 2.17. The zero-order valence-electron chi connectivity index (χ0n) is 16.1. The van der Waals surface area contributed by atoms with E-state index in [0.717, 1.165) is 28.0 Å². The first-order chi connectivity index (χ1) is 13.6. The largest absolute Gasteiger partial charge is 0.497 e. The predicted octanol–water partition coefficient (Wildman–Crippen LogP) is 4.89. The molecule has 0 radical (unpaired) electrons. The minimum Gasteiger partial charge on any atom is -0.497 e. The Labute approximate surface area is 163 Å². The summed E-state index contributed by atoms with van der Waals surface area (Å²) in [6, 6.07) is 21.4. The summed E-state index contributed by atoms with van der Waals surface area (Å²) in [7, 11) is 5.19. The molecule has 3 aromatic carbocycles. The fraction of sp³-hybridized carbons (Fsp3) is 0.125. The standard InChI is InChI=1S/C24H21NO3/c1-25-15-20(17-9-11-18(27-2)12-10-17)24(26)22-19(16-7-5-4-6-8-16)13-14-21(28-3)23(22)25/h4-15H,1-3H3. The van der Waals surface area contributed by atoms with Crippen LogP contribution in [0.15, 0.2) is 77.7 Å². The highest BCUT2D eigenvalue weighted by molar-refractivity contribution is 6.00. The maximum Gasteiger partial charge on any atom is 0.197 e. The molecule has 4 aromatic rings. The third-order valence-corrected chi connectivity index (χ3v) is 4.99. The summed E-state index contributed by atoms with van der Waals surface area (Å²) in [4.78, 5) is 13.6. The Bertz CT molecular complexity index is 1190. The van der Waals surface area contributed by atoms with Gasteiger partial charge in [0.15, 0.2) is 5.43 Å². The molecule has 28 heavy (non-hydrogen) atoms. The molecule has 4 rings (SSSR count). The van der Waals surface area contributed by atoms with Crippen molar-refractivity contribution in [2.75, 3.05) is 14.2 Å². The molecule has 4 nitrogen and oxygen atoms in total. The Morgan fingerprint density at radius 2 is 1.43 bits per heavy atom. The van der Waals surface area contributed by atoms with Crippen molar-refractivity contribution >= 4 is 10.9 Å². The lowest BCUT2D eigenvalue weighted by Gasteiger charge is -2.16. The summed E-state index contributed by atoms with van der Waals surface area (Å²) in [6.45, 7) is 0. The monoisotopic (exact) mass is 371 g/mol. The lowest BCUT2D eigenvalue weighted by Crippen LogP contribution is -2.12. The van der Waals surface area contributed by atoms with Crippen LogP contribution in [0.5, 0.6) is 11.5 Å². The second-order valence-corrected chi connectivity index (χ2v) is 6.62. The van der Waals surface area contributed by atoms with E-state index in [9.17, 15) is 4.79 Å². The van der Waals surface area contributed by atoms with E-state index < -0.39 is 0 Å². The van der Waals surface area contributed by atoms with Gasteiger partial charge in [-0.15, -0.1) is 0 Å². The van der Waals surface area contributed by atoms with Crippen LogP contribution in [0.25, 0.3) is 33.2 Å². The van der Waals surface area contributed by atoms with Crippen LogP contribution in [0, 0.1) is 0 Å². The molecule has 0 fully saturated rings. The van der Waals surface area contributed by atoms with Gasteiger partial charge >= 0.3 is 0 Å². The number of rotatable bonds is 4. The number of nitrogens with zero attached hydrogens (tertiary/aromatic N) is 1. The molecule has 0 amide bonds. The topological polar surface area (TPSA) is 40.5 Å². The molecule has 0 atom stereocenters. The molecule has 1 heterocycles. The smallest absolute Gasteiger partial charge is 0.197 e. The molecule has 0 saturated carbocycles. The molecule has 140 valence electrons. The molecule has 0 spiro atoms. The molecular weight excluding hydrogens is 350 g/mol. The van der Waals surface area contributed by atoms with Crippen LogP contribution >= 0.6 is 0 Å². The van der Waals surface area contributed by atoms with Crippen LogP contribution in [-0.4, -0.2) is 18.8 Å². The van der Waals surface area contributed by atoms with E-state index in [2.05, 4.69) is 0 Å². The molecule has 0 N–H and O–H groups in total. The number of benzene rings is 3. The molecule has 0 aliphatic rings. The van der Waals surface area contributed by atoms with Gasteiger partial charge < -0.3 is 14.0 Å². The number of methoxy groups -OCH3 is 2.